The highest BCUT2D eigenvalue weighted by molar-refractivity contribution is 6.30. The molecule has 1 aliphatic heterocycles. The smallest absolute Gasteiger partial charge is 0.159 e. The number of hydrogen-bond acceptors (Lipinski definition) is 4. The van der Waals surface area contributed by atoms with Crippen molar-refractivity contribution in [3.05, 3.63) is 65.0 Å². The standard InChI is InChI=1S/C18H18ClN5/c1-23-12-20-9-16(23)11-24-7-6-17-14(10-24)8-21-18(22-17)13-2-4-15(19)5-3-13/h2-5,8-9,12H,6-7,10-11H2,1H3. The maximum absolute atomic E-state index is 5.95. The summed E-state index contributed by atoms with van der Waals surface area (Å²) in [5.74, 6) is 0.769. The minimum Gasteiger partial charge on any atom is -0.337 e. The van der Waals surface area contributed by atoms with E-state index < -0.39 is 0 Å². The van der Waals surface area contributed by atoms with Crippen molar-refractivity contribution in [3.63, 3.8) is 0 Å². The molecule has 122 valence electrons. The molecule has 2 aromatic heterocycles. The van der Waals surface area contributed by atoms with Crippen molar-refractivity contribution in [2.45, 2.75) is 19.5 Å². The van der Waals surface area contributed by atoms with E-state index in [1.807, 2.05) is 50.0 Å². The van der Waals surface area contributed by atoms with Gasteiger partial charge in [0, 0.05) is 61.6 Å². The van der Waals surface area contributed by atoms with E-state index in [1.54, 1.807) is 0 Å². The molecule has 0 N–H and O–H groups in total. The van der Waals surface area contributed by atoms with E-state index in [2.05, 4.69) is 19.4 Å². The molecule has 0 spiro atoms. The predicted molar refractivity (Wildman–Crippen MR) is 93.5 cm³/mol. The summed E-state index contributed by atoms with van der Waals surface area (Å²) < 4.78 is 2.07. The van der Waals surface area contributed by atoms with Gasteiger partial charge in [-0.3, -0.25) is 4.90 Å². The molecule has 0 bridgehead atoms. The van der Waals surface area contributed by atoms with Gasteiger partial charge in [0.1, 0.15) is 0 Å². The van der Waals surface area contributed by atoms with Crippen LogP contribution in [0.1, 0.15) is 17.0 Å². The highest BCUT2D eigenvalue weighted by atomic mass is 35.5. The number of nitrogens with zero attached hydrogens (tertiary/aromatic N) is 5. The second-order valence-corrected chi connectivity index (χ2v) is 6.57. The predicted octanol–water partition coefficient (Wildman–Crippen LogP) is 3.09. The van der Waals surface area contributed by atoms with E-state index in [-0.39, 0.29) is 0 Å². The molecular formula is C18H18ClN5. The zero-order valence-electron chi connectivity index (χ0n) is 13.5. The van der Waals surface area contributed by atoms with Crippen molar-refractivity contribution < 1.29 is 0 Å². The number of hydrogen-bond donors (Lipinski definition) is 0. The zero-order chi connectivity index (χ0) is 16.5. The van der Waals surface area contributed by atoms with Gasteiger partial charge < -0.3 is 4.57 Å². The molecule has 3 heterocycles. The molecule has 0 amide bonds. The molecule has 0 radical (unpaired) electrons. The Hall–Kier alpha value is -2.24. The van der Waals surface area contributed by atoms with Gasteiger partial charge in [0.15, 0.2) is 5.82 Å². The Bertz CT molecular complexity index is 856. The third-order valence-electron chi connectivity index (χ3n) is 4.42. The first-order valence-corrected chi connectivity index (χ1v) is 8.35. The van der Waals surface area contributed by atoms with Gasteiger partial charge in [0.05, 0.1) is 17.7 Å². The first kappa shape index (κ1) is 15.3. The average Bonchev–Trinajstić information content (AvgIpc) is 3.00. The minimum absolute atomic E-state index is 0.725. The Labute approximate surface area is 146 Å². The molecule has 6 heteroatoms. The van der Waals surface area contributed by atoms with Gasteiger partial charge in [-0.05, 0) is 24.3 Å². The molecule has 3 aromatic rings. The minimum atomic E-state index is 0.725. The van der Waals surface area contributed by atoms with E-state index in [9.17, 15) is 0 Å². The first-order valence-electron chi connectivity index (χ1n) is 7.97. The summed E-state index contributed by atoms with van der Waals surface area (Å²) in [6, 6.07) is 7.66. The summed E-state index contributed by atoms with van der Waals surface area (Å²) >= 11 is 5.95. The van der Waals surface area contributed by atoms with E-state index in [0.29, 0.717) is 0 Å². The molecule has 24 heavy (non-hydrogen) atoms. The number of aromatic nitrogens is 4. The van der Waals surface area contributed by atoms with Gasteiger partial charge >= 0.3 is 0 Å². The SMILES string of the molecule is Cn1cncc1CN1CCc2nc(-c3ccc(Cl)cc3)ncc2C1. The number of fused-ring (bicyclic) bond motifs is 1. The average molecular weight is 340 g/mol. The lowest BCUT2D eigenvalue weighted by atomic mass is 10.1. The van der Waals surface area contributed by atoms with Gasteiger partial charge in [-0.2, -0.15) is 0 Å². The highest BCUT2D eigenvalue weighted by Crippen LogP contribution is 2.23. The van der Waals surface area contributed by atoms with Gasteiger partial charge in [0.2, 0.25) is 0 Å². The van der Waals surface area contributed by atoms with Crippen LogP contribution in [0, 0.1) is 0 Å². The maximum atomic E-state index is 5.95. The zero-order valence-corrected chi connectivity index (χ0v) is 14.2. The molecular weight excluding hydrogens is 322 g/mol. The summed E-state index contributed by atoms with van der Waals surface area (Å²) in [4.78, 5) is 15.9. The molecule has 1 aromatic carbocycles. The van der Waals surface area contributed by atoms with Crippen molar-refractivity contribution in [2.24, 2.45) is 7.05 Å². The van der Waals surface area contributed by atoms with Crippen molar-refractivity contribution in [3.8, 4) is 11.4 Å². The van der Waals surface area contributed by atoms with Crippen LogP contribution >= 0.6 is 11.6 Å². The lowest BCUT2D eigenvalue weighted by Crippen LogP contribution is -2.31. The molecule has 1 aliphatic rings. The quantitative estimate of drug-likeness (QED) is 0.735. The summed E-state index contributed by atoms with van der Waals surface area (Å²) in [6.45, 7) is 2.77. The molecule has 0 unspecified atom stereocenters. The van der Waals surface area contributed by atoms with Crippen molar-refractivity contribution in [1.82, 2.24) is 24.4 Å². The van der Waals surface area contributed by atoms with E-state index >= 15 is 0 Å². The Kier molecular flexibility index (Phi) is 4.04. The third kappa shape index (κ3) is 3.05. The van der Waals surface area contributed by atoms with Crippen LogP contribution in [0.25, 0.3) is 11.4 Å². The maximum Gasteiger partial charge on any atom is 0.159 e. The summed E-state index contributed by atoms with van der Waals surface area (Å²) in [6.07, 6.45) is 6.67. The monoisotopic (exact) mass is 339 g/mol. The number of rotatable bonds is 3. The second-order valence-electron chi connectivity index (χ2n) is 6.13. The first-order chi connectivity index (χ1) is 11.7. The lowest BCUT2D eigenvalue weighted by molar-refractivity contribution is 0.238. The van der Waals surface area contributed by atoms with Crippen LogP contribution in [-0.2, 0) is 26.6 Å². The van der Waals surface area contributed by atoms with Crippen LogP contribution in [0.15, 0.2) is 43.0 Å². The Morgan fingerprint density at radius 1 is 1.17 bits per heavy atom. The van der Waals surface area contributed by atoms with Crippen LogP contribution in [-0.4, -0.2) is 31.0 Å². The highest BCUT2D eigenvalue weighted by Gasteiger charge is 2.19. The molecule has 0 saturated carbocycles. The topological polar surface area (TPSA) is 46.8 Å². The van der Waals surface area contributed by atoms with Gasteiger partial charge in [-0.25, -0.2) is 15.0 Å². The molecule has 0 atom stereocenters. The summed E-state index contributed by atoms with van der Waals surface area (Å²) in [7, 11) is 2.03. The Balaban J connectivity index is 1.53. The van der Waals surface area contributed by atoms with Crippen molar-refractivity contribution in [1.29, 1.82) is 0 Å². The summed E-state index contributed by atoms with van der Waals surface area (Å²) in [5.41, 5.74) is 4.58. The molecule has 4 rings (SSSR count). The number of imidazole rings is 1. The summed E-state index contributed by atoms with van der Waals surface area (Å²) in [5, 5.41) is 0.725. The van der Waals surface area contributed by atoms with Gasteiger partial charge in [0.25, 0.3) is 0 Å². The number of benzene rings is 1. The van der Waals surface area contributed by atoms with Crippen LogP contribution in [0.3, 0.4) is 0 Å². The lowest BCUT2D eigenvalue weighted by Gasteiger charge is -2.28. The molecule has 0 saturated heterocycles. The number of aryl methyl sites for hydroxylation is 1. The van der Waals surface area contributed by atoms with E-state index in [0.717, 1.165) is 48.2 Å². The number of halogens is 1. The molecule has 5 nitrogen and oxygen atoms in total. The van der Waals surface area contributed by atoms with Crippen LogP contribution in [0.5, 0.6) is 0 Å². The normalized spacial score (nSPS) is 14.6. The van der Waals surface area contributed by atoms with E-state index in [4.69, 9.17) is 16.6 Å². The van der Waals surface area contributed by atoms with Crippen LogP contribution < -0.4 is 0 Å². The fraction of sp³-hybridized carbons (Fsp3) is 0.278. The van der Waals surface area contributed by atoms with Crippen molar-refractivity contribution in [2.75, 3.05) is 6.54 Å². The Morgan fingerprint density at radius 3 is 2.75 bits per heavy atom. The second kappa shape index (κ2) is 6.34. The molecule has 0 fully saturated rings. The van der Waals surface area contributed by atoms with Crippen LogP contribution in [0.2, 0.25) is 5.02 Å². The van der Waals surface area contributed by atoms with E-state index in [1.165, 1.54) is 11.3 Å². The fourth-order valence-electron chi connectivity index (χ4n) is 3.01. The molecule has 0 aliphatic carbocycles. The van der Waals surface area contributed by atoms with Gasteiger partial charge in [-0.1, -0.05) is 11.6 Å². The van der Waals surface area contributed by atoms with Crippen molar-refractivity contribution >= 4 is 11.6 Å². The Morgan fingerprint density at radius 2 is 2.00 bits per heavy atom. The van der Waals surface area contributed by atoms with Crippen LogP contribution in [0.4, 0.5) is 0 Å². The largest absolute Gasteiger partial charge is 0.337 e. The van der Waals surface area contributed by atoms with Gasteiger partial charge in [-0.15, -0.1) is 0 Å². The fourth-order valence-corrected chi connectivity index (χ4v) is 3.14. The third-order valence-corrected chi connectivity index (χ3v) is 4.67.